The molecule has 0 unspecified atom stereocenters. The summed E-state index contributed by atoms with van der Waals surface area (Å²) in [5.74, 6) is 0.0556. The lowest BCUT2D eigenvalue weighted by Crippen LogP contribution is -2.23. The molecule has 5 heteroatoms. The molecule has 1 heterocycles. The van der Waals surface area contributed by atoms with Gasteiger partial charge in [-0.25, -0.2) is 0 Å². The van der Waals surface area contributed by atoms with Crippen molar-refractivity contribution in [1.82, 2.24) is 0 Å². The summed E-state index contributed by atoms with van der Waals surface area (Å²) in [5, 5.41) is 3.47. The topological polar surface area (TPSA) is 49.4 Å². The van der Waals surface area contributed by atoms with Crippen LogP contribution in [0, 0.1) is 0 Å². The van der Waals surface area contributed by atoms with Gasteiger partial charge in [0.15, 0.2) is 0 Å². The summed E-state index contributed by atoms with van der Waals surface area (Å²) in [6, 6.07) is 14.6. The molecule has 0 saturated carbocycles. The molecule has 3 rings (SSSR count). The minimum Gasteiger partial charge on any atom is -0.326 e. The van der Waals surface area contributed by atoms with E-state index in [1.165, 1.54) is 0 Å². The zero-order valence-corrected chi connectivity index (χ0v) is 13.3. The van der Waals surface area contributed by atoms with E-state index in [9.17, 15) is 9.59 Å². The molecule has 2 aromatic carbocycles. The third-order valence-electron chi connectivity index (χ3n) is 3.79. The third-order valence-corrected chi connectivity index (χ3v) is 4.02. The van der Waals surface area contributed by atoms with Gasteiger partial charge in [0.2, 0.25) is 11.8 Å². The summed E-state index contributed by atoms with van der Waals surface area (Å²) in [4.78, 5) is 25.6. The number of nitrogens with one attached hydrogen (secondary N) is 1. The lowest BCUT2D eigenvalue weighted by molar-refractivity contribution is -0.117. The molecular weight excluding hydrogens is 312 g/mol. The van der Waals surface area contributed by atoms with Crippen LogP contribution in [0.3, 0.4) is 0 Å². The summed E-state index contributed by atoms with van der Waals surface area (Å²) >= 11 is 5.92. The maximum atomic E-state index is 12.1. The van der Waals surface area contributed by atoms with Gasteiger partial charge in [-0.1, -0.05) is 23.7 Å². The fourth-order valence-electron chi connectivity index (χ4n) is 2.68. The molecule has 2 amide bonds. The molecule has 1 fully saturated rings. The molecular formula is C18H17ClN2O2. The highest BCUT2D eigenvalue weighted by Gasteiger charge is 2.21. The normalized spacial score (nSPS) is 14.1. The zero-order valence-electron chi connectivity index (χ0n) is 12.6. The Morgan fingerprint density at radius 3 is 2.61 bits per heavy atom. The Kier molecular flexibility index (Phi) is 4.63. The number of nitrogens with zero attached hydrogens (tertiary/aromatic N) is 1. The van der Waals surface area contributed by atoms with Crippen molar-refractivity contribution in [3.8, 4) is 0 Å². The molecule has 0 spiro atoms. The first-order chi connectivity index (χ1) is 11.1. The van der Waals surface area contributed by atoms with Crippen LogP contribution in [0.25, 0.3) is 0 Å². The number of amides is 2. The number of carbonyl (C=O) groups excluding carboxylic acids is 2. The lowest BCUT2D eigenvalue weighted by atomic mass is 10.1. The highest BCUT2D eigenvalue weighted by molar-refractivity contribution is 6.30. The van der Waals surface area contributed by atoms with Crippen LogP contribution >= 0.6 is 11.6 Å². The van der Waals surface area contributed by atoms with Gasteiger partial charge in [0, 0.05) is 29.4 Å². The second-order valence-electron chi connectivity index (χ2n) is 5.55. The molecule has 23 heavy (non-hydrogen) atoms. The first-order valence-electron chi connectivity index (χ1n) is 7.56. The number of hydrogen-bond acceptors (Lipinski definition) is 2. The largest absolute Gasteiger partial charge is 0.326 e. The van der Waals surface area contributed by atoms with Crippen LogP contribution in [-0.4, -0.2) is 18.4 Å². The number of carbonyl (C=O) groups is 2. The van der Waals surface area contributed by atoms with Crippen LogP contribution in [-0.2, 0) is 16.0 Å². The average Bonchev–Trinajstić information content (AvgIpc) is 2.94. The molecule has 118 valence electrons. The van der Waals surface area contributed by atoms with E-state index in [4.69, 9.17) is 11.6 Å². The monoisotopic (exact) mass is 328 g/mol. The highest BCUT2D eigenvalue weighted by atomic mass is 35.5. The highest BCUT2D eigenvalue weighted by Crippen LogP contribution is 2.23. The van der Waals surface area contributed by atoms with E-state index in [-0.39, 0.29) is 18.2 Å². The van der Waals surface area contributed by atoms with E-state index in [1.54, 1.807) is 17.0 Å². The van der Waals surface area contributed by atoms with Gasteiger partial charge in [-0.05, 0) is 48.4 Å². The average molecular weight is 329 g/mol. The van der Waals surface area contributed by atoms with Crippen LogP contribution < -0.4 is 10.2 Å². The van der Waals surface area contributed by atoms with E-state index in [1.807, 2.05) is 36.4 Å². The molecule has 1 aliphatic heterocycles. The number of anilines is 2. The predicted octanol–water partition coefficient (Wildman–Crippen LogP) is 3.65. The van der Waals surface area contributed by atoms with Gasteiger partial charge in [-0.15, -0.1) is 0 Å². The first-order valence-corrected chi connectivity index (χ1v) is 7.94. The van der Waals surface area contributed by atoms with Gasteiger partial charge in [0.1, 0.15) is 0 Å². The first kappa shape index (κ1) is 15.6. The lowest BCUT2D eigenvalue weighted by Gasteiger charge is -2.16. The summed E-state index contributed by atoms with van der Waals surface area (Å²) in [5.41, 5.74) is 2.46. The Labute approximate surface area is 140 Å². The van der Waals surface area contributed by atoms with Gasteiger partial charge in [-0.2, -0.15) is 0 Å². The van der Waals surface area contributed by atoms with Gasteiger partial charge in [0.05, 0.1) is 6.42 Å². The maximum Gasteiger partial charge on any atom is 0.228 e. The Morgan fingerprint density at radius 1 is 1.17 bits per heavy atom. The van der Waals surface area contributed by atoms with E-state index < -0.39 is 0 Å². The molecule has 1 aliphatic rings. The van der Waals surface area contributed by atoms with Gasteiger partial charge < -0.3 is 10.2 Å². The second-order valence-corrected chi connectivity index (χ2v) is 5.99. The summed E-state index contributed by atoms with van der Waals surface area (Å²) in [7, 11) is 0. The predicted molar refractivity (Wildman–Crippen MR) is 91.8 cm³/mol. The van der Waals surface area contributed by atoms with Crippen molar-refractivity contribution >= 4 is 34.8 Å². The van der Waals surface area contributed by atoms with Crippen LogP contribution in [0.15, 0.2) is 48.5 Å². The molecule has 0 aromatic heterocycles. The molecule has 1 N–H and O–H groups in total. The van der Waals surface area contributed by atoms with Crippen LogP contribution in [0.5, 0.6) is 0 Å². The fourth-order valence-corrected chi connectivity index (χ4v) is 2.90. The fraction of sp³-hybridized carbons (Fsp3) is 0.222. The van der Waals surface area contributed by atoms with Crippen molar-refractivity contribution in [1.29, 1.82) is 0 Å². The van der Waals surface area contributed by atoms with Crippen molar-refractivity contribution in [2.45, 2.75) is 19.3 Å². The summed E-state index contributed by atoms with van der Waals surface area (Å²) in [6.07, 6.45) is 1.78. The molecule has 2 aromatic rings. The molecule has 0 aliphatic carbocycles. The smallest absolute Gasteiger partial charge is 0.228 e. The van der Waals surface area contributed by atoms with E-state index >= 15 is 0 Å². The second kappa shape index (κ2) is 6.84. The maximum absolute atomic E-state index is 12.1. The standard InChI is InChI=1S/C18H17ClN2O2/c19-14-4-1-3-13(11-14)12-17(22)20-15-6-8-16(9-7-15)21-10-2-5-18(21)23/h1,3-4,6-9,11H,2,5,10,12H2,(H,20,22). The van der Waals surface area contributed by atoms with Crippen molar-refractivity contribution in [3.63, 3.8) is 0 Å². The van der Waals surface area contributed by atoms with Crippen LogP contribution in [0.1, 0.15) is 18.4 Å². The van der Waals surface area contributed by atoms with Crippen LogP contribution in [0.4, 0.5) is 11.4 Å². The number of benzene rings is 2. The molecule has 0 radical (unpaired) electrons. The number of halogens is 1. The Hall–Kier alpha value is -2.33. The van der Waals surface area contributed by atoms with Gasteiger partial charge in [-0.3, -0.25) is 9.59 Å². The molecule has 0 bridgehead atoms. The van der Waals surface area contributed by atoms with Gasteiger partial charge in [0.25, 0.3) is 0 Å². The minimum atomic E-state index is -0.0998. The van der Waals surface area contributed by atoms with E-state index in [2.05, 4.69) is 5.32 Å². The third kappa shape index (κ3) is 3.90. The Morgan fingerprint density at radius 2 is 1.96 bits per heavy atom. The van der Waals surface area contributed by atoms with E-state index in [0.29, 0.717) is 17.1 Å². The zero-order chi connectivity index (χ0) is 16.2. The molecule has 0 atom stereocenters. The minimum absolute atomic E-state index is 0.0998. The quantitative estimate of drug-likeness (QED) is 0.931. The van der Waals surface area contributed by atoms with Crippen LogP contribution in [0.2, 0.25) is 5.02 Å². The van der Waals surface area contributed by atoms with Crippen molar-refractivity contribution in [2.24, 2.45) is 0 Å². The van der Waals surface area contributed by atoms with E-state index in [0.717, 1.165) is 24.2 Å². The number of rotatable bonds is 4. The van der Waals surface area contributed by atoms with Crippen molar-refractivity contribution in [2.75, 3.05) is 16.8 Å². The summed E-state index contributed by atoms with van der Waals surface area (Å²) in [6.45, 7) is 0.763. The number of hydrogen-bond donors (Lipinski definition) is 1. The molecule has 1 saturated heterocycles. The molecule has 4 nitrogen and oxygen atoms in total. The van der Waals surface area contributed by atoms with Gasteiger partial charge >= 0.3 is 0 Å². The summed E-state index contributed by atoms with van der Waals surface area (Å²) < 4.78 is 0. The Balaban J connectivity index is 1.61. The Bertz CT molecular complexity index is 728. The van der Waals surface area contributed by atoms with Crippen molar-refractivity contribution < 1.29 is 9.59 Å². The van der Waals surface area contributed by atoms with Crippen molar-refractivity contribution in [3.05, 3.63) is 59.1 Å². The SMILES string of the molecule is O=C(Cc1cccc(Cl)c1)Nc1ccc(N2CCCC2=O)cc1.